The third-order valence-electron chi connectivity index (χ3n) is 7.85. The van der Waals surface area contributed by atoms with Gasteiger partial charge in [-0.25, -0.2) is 4.68 Å². The van der Waals surface area contributed by atoms with E-state index in [1.54, 1.807) is 0 Å². The number of aryl methyl sites for hydroxylation is 1. The van der Waals surface area contributed by atoms with Gasteiger partial charge in [-0.3, -0.25) is 4.79 Å². The van der Waals surface area contributed by atoms with Gasteiger partial charge in [0.15, 0.2) is 17.3 Å². The molecule has 2 heterocycles. The van der Waals surface area contributed by atoms with E-state index in [-0.39, 0.29) is 11.2 Å². The molecule has 0 saturated carbocycles. The Morgan fingerprint density at radius 3 is 2.56 bits per heavy atom. The predicted molar refractivity (Wildman–Crippen MR) is 171 cm³/mol. The Morgan fingerprint density at radius 2 is 1.79 bits per heavy atom. The molecular weight excluding hydrogens is 580 g/mol. The van der Waals surface area contributed by atoms with Gasteiger partial charge in [-0.1, -0.05) is 85.7 Å². The molecule has 0 amide bonds. The molecule has 43 heavy (non-hydrogen) atoms. The normalized spacial score (nSPS) is 17.2. The molecule has 4 aromatic rings. The molecule has 3 aromatic carbocycles. The van der Waals surface area contributed by atoms with Crippen LogP contribution < -0.4 is 14.8 Å². The number of allylic oxidation sites excluding steroid dienone is 2. The van der Waals surface area contributed by atoms with Crippen LogP contribution in [0.5, 0.6) is 11.5 Å². The molecule has 9 heteroatoms. The maximum atomic E-state index is 13.7. The number of ether oxygens (including phenoxy) is 2. The zero-order chi connectivity index (χ0) is 30.1. The molecule has 0 radical (unpaired) electrons. The molecule has 1 aliphatic heterocycles. The van der Waals surface area contributed by atoms with E-state index in [0.29, 0.717) is 53.0 Å². The van der Waals surface area contributed by atoms with Crippen molar-refractivity contribution < 1.29 is 14.3 Å². The molecule has 0 spiro atoms. The SMILES string of the molecule is CCOc1cc(C2C3=C(CC(C)(C)CC3=O)Nc3nc(SCc4ccccc4Cl)nn32)ccc1OCc1ccccc1C. The van der Waals surface area contributed by atoms with Gasteiger partial charge in [0.05, 0.1) is 6.61 Å². The Labute approximate surface area is 261 Å². The van der Waals surface area contributed by atoms with Gasteiger partial charge in [-0.15, -0.1) is 5.10 Å². The van der Waals surface area contributed by atoms with E-state index in [1.807, 2.05) is 66.2 Å². The van der Waals surface area contributed by atoms with E-state index in [9.17, 15) is 4.79 Å². The number of ketones is 1. The Morgan fingerprint density at radius 1 is 1.02 bits per heavy atom. The number of carbonyl (C=O) groups is 1. The number of fused-ring (bicyclic) bond motifs is 1. The van der Waals surface area contributed by atoms with Gasteiger partial charge in [0, 0.05) is 28.5 Å². The number of nitrogens with one attached hydrogen (secondary N) is 1. The van der Waals surface area contributed by atoms with E-state index in [4.69, 9.17) is 31.2 Å². The molecule has 7 nitrogen and oxygen atoms in total. The van der Waals surface area contributed by atoms with E-state index < -0.39 is 6.04 Å². The first kappa shape index (κ1) is 29.3. The molecule has 1 aromatic heterocycles. The van der Waals surface area contributed by atoms with E-state index in [1.165, 1.54) is 17.3 Å². The number of nitrogens with zero attached hydrogens (tertiary/aromatic N) is 3. The van der Waals surface area contributed by atoms with Crippen LogP contribution in [0, 0.1) is 12.3 Å². The number of hydrogen-bond donors (Lipinski definition) is 1. The molecule has 1 N–H and O–H groups in total. The fourth-order valence-electron chi connectivity index (χ4n) is 5.73. The summed E-state index contributed by atoms with van der Waals surface area (Å²) in [5, 5.41) is 9.69. The van der Waals surface area contributed by atoms with Gasteiger partial charge in [-0.2, -0.15) is 4.98 Å². The average molecular weight is 615 g/mol. The van der Waals surface area contributed by atoms with Crippen molar-refractivity contribution in [1.82, 2.24) is 14.8 Å². The number of carbonyl (C=O) groups excluding carboxylic acids is 1. The molecule has 1 unspecified atom stereocenters. The zero-order valence-corrected chi connectivity index (χ0v) is 26.4. The lowest BCUT2D eigenvalue weighted by molar-refractivity contribution is -0.118. The molecule has 0 bridgehead atoms. The molecule has 2 aliphatic rings. The van der Waals surface area contributed by atoms with Crippen LogP contribution in [0.3, 0.4) is 0 Å². The van der Waals surface area contributed by atoms with Crippen LogP contribution in [0.25, 0.3) is 0 Å². The number of Topliss-reactive ketones (excluding diaryl/α,β-unsaturated/α-hetero) is 1. The zero-order valence-electron chi connectivity index (χ0n) is 24.8. The van der Waals surface area contributed by atoms with Crippen LogP contribution in [0.1, 0.15) is 61.9 Å². The minimum Gasteiger partial charge on any atom is -0.490 e. The smallest absolute Gasteiger partial charge is 0.227 e. The highest BCUT2D eigenvalue weighted by molar-refractivity contribution is 7.98. The number of hydrogen-bond acceptors (Lipinski definition) is 7. The summed E-state index contributed by atoms with van der Waals surface area (Å²) in [6, 6.07) is 21.4. The number of benzene rings is 3. The number of thioether (sulfide) groups is 1. The number of aromatic nitrogens is 3. The highest BCUT2D eigenvalue weighted by Gasteiger charge is 2.42. The molecule has 1 atom stereocenters. The van der Waals surface area contributed by atoms with Crippen LogP contribution in [0.15, 0.2) is 83.2 Å². The first-order valence-corrected chi connectivity index (χ1v) is 15.9. The molecule has 6 rings (SSSR count). The number of rotatable bonds is 9. The monoisotopic (exact) mass is 614 g/mol. The van der Waals surface area contributed by atoms with Crippen LogP contribution in [0.2, 0.25) is 5.02 Å². The summed E-state index contributed by atoms with van der Waals surface area (Å²) in [5.74, 6) is 2.66. The van der Waals surface area contributed by atoms with Gasteiger partial charge < -0.3 is 14.8 Å². The number of anilines is 1. The quantitative estimate of drug-likeness (QED) is 0.191. The molecule has 1 aliphatic carbocycles. The average Bonchev–Trinajstić information content (AvgIpc) is 3.37. The predicted octanol–water partition coefficient (Wildman–Crippen LogP) is 8.17. The second kappa shape index (κ2) is 12.1. The number of halogens is 1. The molecule has 0 fully saturated rings. The van der Waals surface area contributed by atoms with Crippen molar-refractivity contribution in [3.63, 3.8) is 0 Å². The van der Waals surface area contributed by atoms with Crippen molar-refractivity contribution >= 4 is 35.1 Å². The van der Waals surface area contributed by atoms with Gasteiger partial charge in [0.2, 0.25) is 11.1 Å². The lowest BCUT2D eigenvalue weighted by atomic mass is 9.73. The Bertz CT molecular complexity index is 1710. The van der Waals surface area contributed by atoms with Crippen molar-refractivity contribution in [3.05, 3.63) is 105 Å². The van der Waals surface area contributed by atoms with Gasteiger partial charge in [-0.05, 0) is 66.1 Å². The highest BCUT2D eigenvalue weighted by atomic mass is 35.5. The topological polar surface area (TPSA) is 78.3 Å². The largest absolute Gasteiger partial charge is 0.490 e. The lowest BCUT2D eigenvalue weighted by Crippen LogP contribution is -2.36. The Hall–Kier alpha value is -3.75. The summed E-state index contributed by atoms with van der Waals surface area (Å²) in [6.45, 7) is 9.20. The fourth-order valence-corrected chi connectivity index (χ4v) is 6.84. The standard InChI is InChI=1S/C34H35ClN4O3S/c1-5-41-29-16-22(14-15-28(29)42-19-23-11-7-6-10-21(23)2)31-30-26(17-34(3,4)18-27(30)40)36-32-37-33(38-39(31)32)43-20-24-12-8-9-13-25(24)35/h6-16,31H,5,17-20H2,1-4H3,(H,36,37,38). The summed E-state index contributed by atoms with van der Waals surface area (Å²) in [7, 11) is 0. The third-order valence-corrected chi connectivity index (χ3v) is 9.11. The van der Waals surface area contributed by atoms with Crippen LogP contribution in [0.4, 0.5) is 5.95 Å². The summed E-state index contributed by atoms with van der Waals surface area (Å²) in [5.41, 5.74) is 5.69. The molecular formula is C34H35ClN4O3S. The second-order valence-corrected chi connectivity index (χ2v) is 13.1. The van der Waals surface area contributed by atoms with Crippen LogP contribution in [-0.4, -0.2) is 27.2 Å². The van der Waals surface area contributed by atoms with Crippen molar-refractivity contribution in [2.75, 3.05) is 11.9 Å². The fraction of sp³-hybridized carbons (Fsp3) is 0.324. The van der Waals surface area contributed by atoms with Gasteiger partial charge >= 0.3 is 0 Å². The van der Waals surface area contributed by atoms with Crippen LogP contribution >= 0.6 is 23.4 Å². The Kier molecular flexibility index (Phi) is 8.25. The minimum atomic E-state index is -0.443. The first-order valence-electron chi connectivity index (χ1n) is 14.5. The van der Waals surface area contributed by atoms with Gasteiger partial charge in [0.25, 0.3) is 0 Å². The molecule has 0 saturated heterocycles. The first-order chi connectivity index (χ1) is 20.7. The third kappa shape index (κ3) is 6.17. The van der Waals surface area contributed by atoms with Crippen molar-refractivity contribution in [3.8, 4) is 11.5 Å². The van der Waals surface area contributed by atoms with Crippen LogP contribution in [-0.2, 0) is 17.2 Å². The summed E-state index contributed by atoms with van der Waals surface area (Å²) >= 11 is 7.92. The Balaban J connectivity index is 1.36. The maximum absolute atomic E-state index is 13.7. The summed E-state index contributed by atoms with van der Waals surface area (Å²) in [6.07, 6.45) is 1.22. The second-order valence-electron chi connectivity index (χ2n) is 11.8. The van der Waals surface area contributed by atoms with E-state index in [2.05, 4.69) is 38.2 Å². The van der Waals surface area contributed by atoms with Crippen molar-refractivity contribution in [2.45, 2.75) is 64.1 Å². The van der Waals surface area contributed by atoms with Crippen molar-refractivity contribution in [1.29, 1.82) is 0 Å². The lowest BCUT2D eigenvalue weighted by Gasteiger charge is -2.38. The highest BCUT2D eigenvalue weighted by Crippen LogP contribution is 2.47. The van der Waals surface area contributed by atoms with Gasteiger partial charge in [0.1, 0.15) is 12.6 Å². The summed E-state index contributed by atoms with van der Waals surface area (Å²) in [4.78, 5) is 18.6. The minimum absolute atomic E-state index is 0.119. The van der Waals surface area contributed by atoms with E-state index >= 15 is 0 Å². The molecule has 222 valence electrons. The van der Waals surface area contributed by atoms with Crippen molar-refractivity contribution in [2.24, 2.45) is 5.41 Å². The maximum Gasteiger partial charge on any atom is 0.227 e. The van der Waals surface area contributed by atoms with E-state index in [0.717, 1.165) is 34.4 Å². The summed E-state index contributed by atoms with van der Waals surface area (Å²) < 4.78 is 14.2.